The van der Waals surface area contributed by atoms with Crippen molar-refractivity contribution in [3.63, 3.8) is 0 Å². The van der Waals surface area contributed by atoms with Crippen molar-refractivity contribution in [2.24, 2.45) is 0 Å². The van der Waals surface area contributed by atoms with E-state index < -0.39 is 10.0 Å². The van der Waals surface area contributed by atoms with Crippen LogP contribution >= 0.6 is 23.2 Å². The van der Waals surface area contributed by atoms with Crippen LogP contribution in [0.15, 0.2) is 22.6 Å². The van der Waals surface area contributed by atoms with E-state index in [9.17, 15) is 8.42 Å². The van der Waals surface area contributed by atoms with E-state index in [0.29, 0.717) is 15.6 Å². The van der Waals surface area contributed by atoms with E-state index >= 15 is 0 Å². The summed E-state index contributed by atoms with van der Waals surface area (Å²) in [4.78, 5) is 0. The summed E-state index contributed by atoms with van der Waals surface area (Å²) in [7, 11) is -1.90. The van der Waals surface area contributed by atoms with Crippen LogP contribution in [0.1, 0.15) is 5.89 Å². The smallest absolute Gasteiger partial charge is 0.250 e. The monoisotopic (exact) mass is 335 g/mol. The summed E-state index contributed by atoms with van der Waals surface area (Å²) in [6.07, 6.45) is 1.09. The van der Waals surface area contributed by atoms with Crippen LogP contribution in [0.2, 0.25) is 10.0 Å². The number of nitrogens with zero attached hydrogens (tertiary/aromatic N) is 3. The molecule has 0 saturated carbocycles. The second-order valence-corrected chi connectivity index (χ2v) is 7.02. The molecule has 0 N–H and O–H groups in total. The van der Waals surface area contributed by atoms with Crippen molar-refractivity contribution < 1.29 is 12.8 Å². The summed E-state index contributed by atoms with van der Waals surface area (Å²) in [6, 6.07) is 4.99. The lowest BCUT2D eigenvalue weighted by molar-refractivity contribution is 0.402. The molecular formula is C11H11Cl2N3O3S. The zero-order valence-electron chi connectivity index (χ0n) is 10.7. The molecule has 0 fully saturated rings. The lowest BCUT2D eigenvalue weighted by Crippen LogP contribution is -2.25. The topological polar surface area (TPSA) is 76.3 Å². The molecule has 1 aromatic carbocycles. The molecule has 0 unspecified atom stereocenters. The van der Waals surface area contributed by atoms with Gasteiger partial charge in [-0.15, -0.1) is 10.2 Å². The maximum absolute atomic E-state index is 11.3. The van der Waals surface area contributed by atoms with Crippen LogP contribution in [-0.4, -0.2) is 36.2 Å². The fourth-order valence-electron chi connectivity index (χ4n) is 1.43. The van der Waals surface area contributed by atoms with Crippen LogP contribution < -0.4 is 0 Å². The van der Waals surface area contributed by atoms with E-state index in [1.165, 1.54) is 7.05 Å². The van der Waals surface area contributed by atoms with E-state index in [0.717, 1.165) is 10.6 Å². The maximum Gasteiger partial charge on any atom is 0.250 e. The number of sulfonamides is 1. The van der Waals surface area contributed by atoms with Gasteiger partial charge in [0.1, 0.15) is 0 Å². The molecule has 20 heavy (non-hydrogen) atoms. The van der Waals surface area contributed by atoms with Gasteiger partial charge >= 0.3 is 0 Å². The summed E-state index contributed by atoms with van der Waals surface area (Å²) in [5.74, 6) is 0.307. The van der Waals surface area contributed by atoms with Gasteiger partial charge in [0.05, 0.1) is 28.4 Å². The first-order valence-electron chi connectivity index (χ1n) is 5.47. The van der Waals surface area contributed by atoms with Gasteiger partial charge in [-0.2, -0.15) is 4.31 Å². The highest BCUT2D eigenvalue weighted by molar-refractivity contribution is 7.88. The number of benzene rings is 1. The fraction of sp³-hybridized carbons (Fsp3) is 0.273. The predicted molar refractivity (Wildman–Crippen MR) is 76.1 cm³/mol. The third-order valence-corrected chi connectivity index (χ3v) is 4.46. The molecule has 0 aliphatic carbocycles. The molecule has 0 saturated heterocycles. The molecule has 9 heteroatoms. The first-order valence-corrected chi connectivity index (χ1v) is 8.07. The van der Waals surface area contributed by atoms with E-state index in [1.807, 2.05) is 0 Å². The molecule has 1 heterocycles. The quantitative estimate of drug-likeness (QED) is 0.857. The molecule has 0 atom stereocenters. The van der Waals surface area contributed by atoms with Crippen molar-refractivity contribution >= 4 is 33.2 Å². The third kappa shape index (κ3) is 3.29. The number of aromatic nitrogens is 2. The third-order valence-electron chi connectivity index (χ3n) is 2.57. The maximum atomic E-state index is 11.3. The molecule has 6 nitrogen and oxygen atoms in total. The van der Waals surface area contributed by atoms with Crippen molar-refractivity contribution in [1.82, 2.24) is 14.5 Å². The summed E-state index contributed by atoms with van der Waals surface area (Å²) >= 11 is 12.1. The van der Waals surface area contributed by atoms with E-state index in [-0.39, 0.29) is 18.3 Å². The normalized spacial score (nSPS) is 12.1. The van der Waals surface area contributed by atoms with Crippen LogP contribution in [-0.2, 0) is 16.6 Å². The molecule has 2 rings (SSSR count). The number of hydrogen-bond donors (Lipinski definition) is 0. The summed E-state index contributed by atoms with van der Waals surface area (Å²) in [5, 5.41) is 8.38. The highest BCUT2D eigenvalue weighted by atomic mass is 35.5. The molecule has 0 radical (unpaired) electrons. The van der Waals surface area contributed by atoms with Gasteiger partial charge in [-0.3, -0.25) is 0 Å². The SMILES string of the molecule is CN(Cc1nnc(-c2c(Cl)cccc2Cl)o1)S(C)(=O)=O. The minimum absolute atomic E-state index is 0.0199. The Balaban J connectivity index is 2.30. The first kappa shape index (κ1) is 15.2. The summed E-state index contributed by atoms with van der Waals surface area (Å²) in [6.45, 7) is -0.0199. The van der Waals surface area contributed by atoms with Crippen molar-refractivity contribution in [2.75, 3.05) is 13.3 Å². The van der Waals surface area contributed by atoms with Gasteiger partial charge in [0.15, 0.2) is 0 Å². The zero-order valence-corrected chi connectivity index (χ0v) is 13.0. The molecule has 2 aromatic rings. The number of hydrogen-bond acceptors (Lipinski definition) is 5. The molecule has 0 amide bonds. The van der Waals surface area contributed by atoms with Crippen molar-refractivity contribution in [2.45, 2.75) is 6.54 Å². The van der Waals surface area contributed by atoms with Gasteiger partial charge in [-0.1, -0.05) is 29.3 Å². The fourth-order valence-corrected chi connectivity index (χ4v) is 2.33. The van der Waals surface area contributed by atoms with Crippen molar-refractivity contribution in [3.8, 4) is 11.5 Å². The van der Waals surface area contributed by atoms with Crippen molar-refractivity contribution in [1.29, 1.82) is 0 Å². The number of rotatable bonds is 4. The highest BCUT2D eigenvalue weighted by Crippen LogP contribution is 2.33. The minimum Gasteiger partial charge on any atom is -0.419 e. The van der Waals surface area contributed by atoms with E-state index in [2.05, 4.69) is 10.2 Å². The van der Waals surface area contributed by atoms with Gasteiger partial charge in [0, 0.05) is 7.05 Å². The second kappa shape index (κ2) is 5.69. The summed E-state index contributed by atoms with van der Waals surface area (Å²) in [5.41, 5.74) is 0.427. The largest absolute Gasteiger partial charge is 0.419 e. The Bertz CT molecular complexity index is 710. The van der Waals surface area contributed by atoms with Gasteiger partial charge in [0.2, 0.25) is 15.9 Å². The van der Waals surface area contributed by atoms with Crippen LogP contribution in [0.25, 0.3) is 11.5 Å². The zero-order chi connectivity index (χ0) is 14.9. The van der Waals surface area contributed by atoms with Crippen LogP contribution in [0.3, 0.4) is 0 Å². The average molecular weight is 336 g/mol. The van der Waals surface area contributed by atoms with Gasteiger partial charge in [-0.25, -0.2) is 8.42 Å². The Morgan fingerprint density at radius 2 is 1.85 bits per heavy atom. The lowest BCUT2D eigenvalue weighted by Gasteiger charge is -2.10. The number of halogens is 2. The predicted octanol–water partition coefficient (Wildman–Crippen LogP) is 2.43. The van der Waals surface area contributed by atoms with Gasteiger partial charge in [0.25, 0.3) is 5.89 Å². The van der Waals surface area contributed by atoms with Gasteiger partial charge < -0.3 is 4.42 Å². The highest BCUT2D eigenvalue weighted by Gasteiger charge is 2.18. The molecule has 0 aliphatic rings. The van der Waals surface area contributed by atoms with Crippen molar-refractivity contribution in [3.05, 3.63) is 34.1 Å². The average Bonchev–Trinajstić information content (AvgIpc) is 2.76. The standard InChI is InChI=1S/C11H11Cl2N3O3S/c1-16(20(2,17)18)6-9-14-15-11(19-9)10-7(12)4-3-5-8(10)13/h3-5H,6H2,1-2H3. The Morgan fingerprint density at radius 3 is 2.40 bits per heavy atom. The molecule has 0 bridgehead atoms. The van der Waals surface area contributed by atoms with Gasteiger partial charge in [-0.05, 0) is 12.1 Å². The Kier molecular flexibility index (Phi) is 4.33. The molecule has 0 spiro atoms. The summed E-state index contributed by atoms with van der Waals surface area (Å²) < 4.78 is 29.1. The van der Waals surface area contributed by atoms with Crippen LogP contribution in [0.5, 0.6) is 0 Å². The molecule has 0 aliphatic heterocycles. The molecular weight excluding hydrogens is 325 g/mol. The molecule has 1 aromatic heterocycles. The van der Waals surface area contributed by atoms with Crippen LogP contribution in [0, 0.1) is 0 Å². The minimum atomic E-state index is -3.32. The van der Waals surface area contributed by atoms with E-state index in [4.69, 9.17) is 27.6 Å². The lowest BCUT2D eigenvalue weighted by atomic mass is 10.2. The molecule has 108 valence electrons. The van der Waals surface area contributed by atoms with E-state index in [1.54, 1.807) is 18.2 Å². The first-order chi connectivity index (χ1) is 9.29. The second-order valence-electron chi connectivity index (χ2n) is 4.12. The Morgan fingerprint density at radius 1 is 1.25 bits per heavy atom. The Hall–Kier alpha value is -1.15. The Labute approximate surface area is 126 Å². The van der Waals surface area contributed by atoms with Crippen LogP contribution in [0.4, 0.5) is 0 Å².